The second kappa shape index (κ2) is 8.49. The fraction of sp³-hybridized carbons (Fsp3) is 0.250. The minimum Gasteiger partial charge on any atom is -0.477 e. The van der Waals surface area contributed by atoms with Crippen molar-refractivity contribution in [1.82, 2.24) is 19.3 Å². The molecule has 30 heavy (non-hydrogen) atoms. The van der Waals surface area contributed by atoms with Gasteiger partial charge in [0.15, 0.2) is 10.6 Å². The Hall–Kier alpha value is -2.23. The van der Waals surface area contributed by atoms with Crippen molar-refractivity contribution in [3.05, 3.63) is 74.5 Å². The number of halogens is 2. The molecule has 1 aliphatic heterocycles. The number of nitrogens with zero attached hydrogens (tertiary/aromatic N) is 4. The maximum atomic E-state index is 12.0. The van der Waals surface area contributed by atoms with Crippen LogP contribution in [-0.4, -0.2) is 36.9 Å². The van der Waals surface area contributed by atoms with Crippen LogP contribution in [0.25, 0.3) is 5.65 Å². The van der Waals surface area contributed by atoms with Crippen molar-refractivity contribution in [2.45, 2.75) is 25.3 Å². The van der Waals surface area contributed by atoms with Gasteiger partial charge in [0.1, 0.15) is 16.1 Å². The van der Waals surface area contributed by atoms with Gasteiger partial charge in [-0.2, -0.15) is 0 Å². The number of ether oxygens (including phenoxy) is 1. The third-order valence-corrected chi connectivity index (χ3v) is 6.84. The molecule has 2 aromatic heterocycles. The Labute approximate surface area is 190 Å². The SMILES string of the molecule is CCN1C(O[C@H](C)c2ccccc2Cl)=C(C(=O)O)SC1c1cnc2cnc(Br)cn12. The van der Waals surface area contributed by atoms with Crippen molar-refractivity contribution in [3.63, 3.8) is 0 Å². The molecule has 10 heteroatoms. The van der Waals surface area contributed by atoms with E-state index in [0.29, 0.717) is 27.7 Å². The molecule has 7 nitrogen and oxygen atoms in total. The Kier molecular flexibility index (Phi) is 5.95. The second-order valence-corrected chi connectivity index (χ2v) is 8.91. The van der Waals surface area contributed by atoms with Gasteiger partial charge in [-0.3, -0.25) is 4.40 Å². The predicted octanol–water partition coefficient (Wildman–Crippen LogP) is 5.24. The monoisotopic (exact) mass is 508 g/mol. The van der Waals surface area contributed by atoms with Crippen LogP contribution in [-0.2, 0) is 9.53 Å². The number of fused-ring (bicyclic) bond motifs is 1. The highest BCUT2D eigenvalue weighted by Crippen LogP contribution is 2.49. The van der Waals surface area contributed by atoms with E-state index in [9.17, 15) is 9.90 Å². The van der Waals surface area contributed by atoms with Gasteiger partial charge in [-0.1, -0.05) is 41.6 Å². The number of carboxylic acid groups (broad SMARTS) is 1. The molecule has 0 fully saturated rings. The largest absolute Gasteiger partial charge is 0.477 e. The van der Waals surface area contributed by atoms with Gasteiger partial charge in [0.05, 0.1) is 18.1 Å². The summed E-state index contributed by atoms with van der Waals surface area (Å²) in [5, 5.41) is 10.1. The minimum absolute atomic E-state index is 0.156. The Balaban J connectivity index is 1.71. The van der Waals surface area contributed by atoms with Crippen LogP contribution in [0.15, 0.2) is 58.2 Å². The van der Waals surface area contributed by atoms with Crippen LogP contribution in [0.5, 0.6) is 0 Å². The smallest absolute Gasteiger partial charge is 0.347 e. The van der Waals surface area contributed by atoms with Gasteiger partial charge in [0, 0.05) is 23.3 Å². The number of benzene rings is 1. The van der Waals surface area contributed by atoms with Gasteiger partial charge < -0.3 is 14.7 Å². The van der Waals surface area contributed by atoms with Crippen LogP contribution in [0.4, 0.5) is 0 Å². The first kappa shape index (κ1) is 21.0. The van der Waals surface area contributed by atoms with E-state index in [1.54, 1.807) is 18.5 Å². The summed E-state index contributed by atoms with van der Waals surface area (Å²) < 4.78 is 8.75. The molecule has 156 valence electrons. The first-order chi connectivity index (χ1) is 14.4. The van der Waals surface area contributed by atoms with E-state index in [2.05, 4.69) is 25.9 Å². The van der Waals surface area contributed by atoms with Gasteiger partial charge in [-0.05, 0) is 35.8 Å². The number of aromatic nitrogens is 3. The molecule has 0 saturated carbocycles. The standard InChI is InChI=1S/C20H18BrClN4O3S/c1-3-25-18(29-11(2)12-6-4-5-7-13(12)22)17(20(27)28)30-19(25)14-8-24-16-9-23-15(21)10-26(14)16/h4-11,19H,3H2,1-2H3,(H,27,28)/t11-,19?/m1/s1. The molecular formula is C20H18BrClN4O3S. The molecule has 3 heterocycles. The van der Waals surface area contributed by atoms with Crippen LogP contribution in [0, 0.1) is 0 Å². The van der Waals surface area contributed by atoms with Gasteiger partial charge >= 0.3 is 5.97 Å². The summed E-state index contributed by atoms with van der Waals surface area (Å²) in [4.78, 5) is 22.7. The first-order valence-electron chi connectivity index (χ1n) is 9.21. The van der Waals surface area contributed by atoms with Gasteiger partial charge in [-0.25, -0.2) is 14.8 Å². The lowest BCUT2D eigenvalue weighted by molar-refractivity contribution is -0.132. The highest BCUT2D eigenvalue weighted by atomic mass is 79.9. The molecule has 3 aromatic rings. The quantitative estimate of drug-likeness (QED) is 0.486. The van der Waals surface area contributed by atoms with E-state index in [1.807, 2.05) is 47.5 Å². The highest BCUT2D eigenvalue weighted by Gasteiger charge is 2.40. The lowest BCUT2D eigenvalue weighted by atomic mass is 10.1. The summed E-state index contributed by atoms with van der Waals surface area (Å²) in [5.41, 5.74) is 2.31. The zero-order chi connectivity index (χ0) is 21.4. The third-order valence-electron chi connectivity index (χ3n) is 4.78. The maximum Gasteiger partial charge on any atom is 0.347 e. The summed E-state index contributed by atoms with van der Waals surface area (Å²) in [6, 6.07) is 7.38. The molecular weight excluding hydrogens is 492 g/mol. The Morgan fingerprint density at radius 2 is 2.13 bits per heavy atom. The highest BCUT2D eigenvalue weighted by molar-refractivity contribution is 9.10. The summed E-state index contributed by atoms with van der Waals surface area (Å²) in [6.07, 6.45) is 4.80. The van der Waals surface area contributed by atoms with Gasteiger partial charge in [-0.15, -0.1) is 0 Å². The Morgan fingerprint density at radius 3 is 2.83 bits per heavy atom. The van der Waals surface area contributed by atoms with Crippen LogP contribution >= 0.6 is 39.3 Å². The summed E-state index contributed by atoms with van der Waals surface area (Å²) in [7, 11) is 0. The summed E-state index contributed by atoms with van der Waals surface area (Å²) in [6.45, 7) is 4.37. The summed E-state index contributed by atoms with van der Waals surface area (Å²) in [5.74, 6) is -0.700. The lowest BCUT2D eigenvalue weighted by Crippen LogP contribution is -2.25. The maximum absolute atomic E-state index is 12.0. The molecule has 1 aliphatic rings. The third kappa shape index (κ3) is 3.77. The number of hydrogen-bond donors (Lipinski definition) is 1. The zero-order valence-electron chi connectivity index (χ0n) is 16.1. The zero-order valence-corrected chi connectivity index (χ0v) is 19.3. The average molecular weight is 510 g/mol. The topological polar surface area (TPSA) is 80.0 Å². The van der Waals surface area contributed by atoms with E-state index >= 15 is 0 Å². The van der Waals surface area contributed by atoms with Crippen LogP contribution in [0.1, 0.15) is 36.6 Å². The Morgan fingerprint density at radius 1 is 1.37 bits per heavy atom. The Bertz CT molecular complexity index is 1150. The van der Waals surface area contributed by atoms with E-state index in [4.69, 9.17) is 16.3 Å². The van der Waals surface area contributed by atoms with Gasteiger partial charge in [0.25, 0.3) is 0 Å². The number of carbonyl (C=O) groups is 1. The van der Waals surface area contributed by atoms with E-state index in [1.165, 1.54) is 11.8 Å². The van der Waals surface area contributed by atoms with Crippen LogP contribution in [0.2, 0.25) is 5.02 Å². The number of thioether (sulfide) groups is 1. The normalized spacial score (nSPS) is 17.6. The van der Waals surface area contributed by atoms with Crippen molar-refractivity contribution in [2.75, 3.05) is 6.54 Å². The molecule has 1 N–H and O–H groups in total. The van der Waals surface area contributed by atoms with E-state index < -0.39 is 12.1 Å². The van der Waals surface area contributed by atoms with E-state index in [0.717, 1.165) is 11.3 Å². The number of aliphatic carboxylic acids is 1. The molecule has 1 aromatic carbocycles. The molecule has 0 bridgehead atoms. The minimum atomic E-state index is -1.03. The fourth-order valence-corrected chi connectivity index (χ4v) is 5.21. The van der Waals surface area contributed by atoms with E-state index in [-0.39, 0.29) is 10.3 Å². The molecule has 1 unspecified atom stereocenters. The lowest BCUT2D eigenvalue weighted by Gasteiger charge is -2.28. The van der Waals surface area contributed by atoms with Crippen molar-refractivity contribution >= 4 is 50.9 Å². The molecule has 0 amide bonds. The van der Waals surface area contributed by atoms with Crippen molar-refractivity contribution in [1.29, 1.82) is 0 Å². The molecule has 0 saturated heterocycles. The predicted molar refractivity (Wildman–Crippen MR) is 119 cm³/mol. The summed E-state index contributed by atoms with van der Waals surface area (Å²) >= 11 is 10.9. The van der Waals surface area contributed by atoms with Crippen molar-refractivity contribution < 1.29 is 14.6 Å². The first-order valence-corrected chi connectivity index (χ1v) is 11.3. The van der Waals surface area contributed by atoms with Crippen LogP contribution < -0.4 is 0 Å². The molecule has 2 atom stereocenters. The van der Waals surface area contributed by atoms with Crippen molar-refractivity contribution in [2.24, 2.45) is 0 Å². The number of rotatable bonds is 6. The number of imidazole rings is 1. The van der Waals surface area contributed by atoms with Crippen LogP contribution in [0.3, 0.4) is 0 Å². The molecule has 0 aliphatic carbocycles. The molecule has 0 radical (unpaired) electrons. The number of carboxylic acids is 1. The molecule has 0 spiro atoms. The second-order valence-electron chi connectivity index (χ2n) is 6.60. The van der Waals surface area contributed by atoms with Gasteiger partial charge in [0.2, 0.25) is 5.88 Å². The molecule has 4 rings (SSSR count). The fourth-order valence-electron chi connectivity index (χ4n) is 3.36. The number of hydrogen-bond acceptors (Lipinski definition) is 6. The van der Waals surface area contributed by atoms with Crippen molar-refractivity contribution in [3.8, 4) is 0 Å². The average Bonchev–Trinajstić information content (AvgIpc) is 3.28.